The number of methoxy groups -OCH3 is 1. The molecule has 198 valence electrons. The number of carbonyl (C=O) groups excluding carboxylic acids is 1. The predicted molar refractivity (Wildman–Crippen MR) is 136 cm³/mol. The van der Waals surface area contributed by atoms with Crippen molar-refractivity contribution < 1.29 is 27.8 Å². The van der Waals surface area contributed by atoms with Crippen molar-refractivity contribution in [1.29, 1.82) is 5.26 Å². The fourth-order valence-corrected chi connectivity index (χ4v) is 3.67. The lowest BCUT2D eigenvalue weighted by molar-refractivity contribution is -0.137. The van der Waals surface area contributed by atoms with E-state index in [0.29, 0.717) is 29.0 Å². The van der Waals surface area contributed by atoms with Gasteiger partial charge in [0.2, 0.25) is 5.82 Å². The molecule has 0 bridgehead atoms. The van der Waals surface area contributed by atoms with Crippen LogP contribution >= 0.6 is 0 Å². The summed E-state index contributed by atoms with van der Waals surface area (Å²) in [5, 5.41) is 25.1. The number of phenolic OH excluding ortho intramolecular Hbond substituents is 1. The van der Waals surface area contributed by atoms with Crippen molar-refractivity contribution in [2.75, 3.05) is 17.7 Å². The molecule has 0 aliphatic carbocycles. The number of halogens is 3. The maximum absolute atomic E-state index is 13.0. The van der Waals surface area contributed by atoms with Crippen LogP contribution in [0.3, 0.4) is 0 Å². The Morgan fingerprint density at radius 3 is 2.62 bits per heavy atom. The molecule has 12 heteroatoms. The first kappa shape index (κ1) is 26.9. The number of ether oxygens (including phenoxy) is 1. The van der Waals surface area contributed by atoms with Gasteiger partial charge in [0.05, 0.1) is 30.0 Å². The Morgan fingerprint density at radius 2 is 1.90 bits per heavy atom. The second-order valence-electron chi connectivity index (χ2n) is 8.37. The molecule has 1 atom stereocenters. The normalized spacial score (nSPS) is 11.8. The number of rotatable bonds is 7. The number of phenols is 1. The molecule has 2 heterocycles. The van der Waals surface area contributed by atoms with Gasteiger partial charge in [0.1, 0.15) is 11.9 Å². The monoisotopic (exact) mass is 534 g/mol. The van der Waals surface area contributed by atoms with Crippen LogP contribution in [0.2, 0.25) is 0 Å². The Bertz CT molecular complexity index is 1570. The summed E-state index contributed by atoms with van der Waals surface area (Å²) in [4.78, 5) is 24.5. The first-order valence-electron chi connectivity index (χ1n) is 11.4. The molecule has 1 amide bonds. The zero-order valence-electron chi connectivity index (χ0n) is 20.6. The number of nitriles is 1. The molecule has 2 aromatic carbocycles. The van der Waals surface area contributed by atoms with Gasteiger partial charge in [0.25, 0.3) is 5.91 Å². The number of hydrogen-bond acceptors (Lipinski definition) is 8. The number of carbonyl (C=O) groups is 1. The molecule has 4 aromatic rings. The summed E-state index contributed by atoms with van der Waals surface area (Å²) in [6.07, 6.45) is -2.91. The molecule has 4 rings (SSSR count). The van der Waals surface area contributed by atoms with Gasteiger partial charge in [-0.15, -0.1) is 0 Å². The van der Waals surface area contributed by atoms with Crippen LogP contribution in [0.5, 0.6) is 11.5 Å². The molecule has 9 nitrogen and oxygen atoms in total. The highest BCUT2D eigenvalue weighted by molar-refractivity contribution is 6.04. The van der Waals surface area contributed by atoms with E-state index in [1.54, 1.807) is 42.5 Å². The molecule has 0 aliphatic rings. The molecular weight excluding hydrogens is 513 g/mol. The fraction of sp³-hybridized carbons (Fsp3) is 0.148. The number of alkyl halides is 3. The van der Waals surface area contributed by atoms with Crippen molar-refractivity contribution in [1.82, 2.24) is 15.0 Å². The molecular formula is C27H21F3N6O3. The number of benzene rings is 2. The van der Waals surface area contributed by atoms with Crippen LogP contribution in [0.1, 0.15) is 40.3 Å². The Morgan fingerprint density at radius 1 is 1.10 bits per heavy atom. The molecule has 2 aromatic heterocycles. The third-order valence-electron chi connectivity index (χ3n) is 5.64. The highest BCUT2D eigenvalue weighted by atomic mass is 19.4. The van der Waals surface area contributed by atoms with Crippen molar-refractivity contribution >= 4 is 17.4 Å². The maximum Gasteiger partial charge on any atom is 0.417 e. The summed E-state index contributed by atoms with van der Waals surface area (Å²) >= 11 is 0. The summed E-state index contributed by atoms with van der Waals surface area (Å²) in [6, 6.07) is 15.3. The largest absolute Gasteiger partial charge is 0.504 e. The minimum absolute atomic E-state index is 0.0425. The van der Waals surface area contributed by atoms with E-state index in [1.165, 1.54) is 13.2 Å². The summed E-state index contributed by atoms with van der Waals surface area (Å²) < 4.78 is 44.1. The Hall–Kier alpha value is -5.18. The minimum atomic E-state index is -4.62. The zero-order valence-corrected chi connectivity index (χ0v) is 20.6. The topological polar surface area (TPSA) is 133 Å². The third kappa shape index (κ3) is 6.40. The van der Waals surface area contributed by atoms with Crippen LogP contribution in [0.15, 0.2) is 67.0 Å². The Labute approximate surface area is 221 Å². The van der Waals surface area contributed by atoms with Crippen molar-refractivity contribution in [2.45, 2.75) is 19.1 Å². The van der Waals surface area contributed by atoms with Crippen LogP contribution in [0.25, 0.3) is 11.3 Å². The average molecular weight is 534 g/mol. The van der Waals surface area contributed by atoms with Gasteiger partial charge < -0.3 is 20.5 Å². The van der Waals surface area contributed by atoms with E-state index in [0.717, 1.165) is 17.8 Å². The molecule has 0 fully saturated rings. The first-order chi connectivity index (χ1) is 18.6. The number of nitrogens with one attached hydrogen (secondary N) is 2. The fourth-order valence-electron chi connectivity index (χ4n) is 3.67. The van der Waals surface area contributed by atoms with E-state index in [2.05, 4.69) is 25.6 Å². The summed E-state index contributed by atoms with van der Waals surface area (Å²) in [6.45, 7) is 1.83. The second kappa shape index (κ2) is 11.1. The Balaban J connectivity index is 1.54. The molecule has 39 heavy (non-hydrogen) atoms. The summed E-state index contributed by atoms with van der Waals surface area (Å²) in [5.41, 5.74) is 0.845. The average Bonchev–Trinajstić information content (AvgIpc) is 2.92. The number of anilines is 2. The summed E-state index contributed by atoms with van der Waals surface area (Å²) in [7, 11) is 1.42. The molecule has 0 saturated carbocycles. The quantitative estimate of drug-likeness (QED) is 0.280. The van der Waals surface area contributed by atoms with E-state index in [-0.39, 0.29) is 28.9 Å². The van der Waals surface area contributed by atoms with E-state index in [1.807, 2.05) is 13.0 Å². The van der Waals surface area contributed by atoms with Crippen molar-refractivity contribution in [3.8, 4) is 28.8 Å². The lowest BCUT2D eigenvalue weighted by atomic mass is 10.1. The van der Waals surface area contributed by atoms with E-state index < -0.39 is 17.6 Å². The molecule has 1 unspecified atom stereocenters. The van der Waals surface area contributed by atoms with Crippen LogP contribution < -0.4 is 15.4 Å². The van der Waals surface area contributed by atoms with Gasteiger partial charge >= 0.3 is 6.18 Å². The number of pyridine rings is 1. The smallest absolute Gasteiger partial charge is 0.417 e. The van der Waals surface area contributed by atoms with Crippen LogP contribution in [-0.2, 0) is 6.18 Å². The van der Waals surface area contributed by atoms with E-state index >= 15 is 0 Å². The SMILES string of the molecule is COc1cc(-c2cc(NC(C)c3cccc(NC(=O)c4cncc(C(F)(F)F)c4)c3)nc(C#N)n2)ccc1O. The number of hydrogen-bond donors (Lipinski definition) is 3. The minimum Gasteiger partial charge on any atom is -0.504 e. The van der Waals surface area contributed by atoms with Crippen LogP contribution in [0.4, 0.5) is 24.7 Å². The number of nitrogens with zero attached hydrogens (tertiary/aromatic N) is 4. The van der Waals surface area contributed by atoms with Gasteiger partial charge in [0.15, 0.2) is 11.5 Å². The van der Waals surface area contributed by atoms with Gasteiger partial charge in [-0.25, -0.2) is 9.97 Å². The second-order valence-corrected chi connectivity index (χ2v) is 8.37. The molecule has 3 N–H and O–H groups in total. The molecule has 0 aliphatic heterocycles. The molecule has 0 spiro atoms. The van der Waals surface area contributed by atoms with Gasteiger partial charge in [-0.1, -0.05) is 12.1 Å². The third-order valence-corrected chi connectivity index (χ3v) is 5.64. The van der Waals surface area contributed by atoms with E-state index in [9.17, 15) is 28.3 Å². The van der Waals surface area contributed by atoms with Crippen molar-refractivity contribution in [2.24, 2.45) is 0 Å². The number of aromatic hydroxyl groups is 1. The first-order valence-corrected chi connectivity index (χ1v) is 11.4. The van der Waals surface area contributed by atoms with Crippen molar-refractivity contribution in [3.05, 3.63) is 89.5 Å². The van der Waals surface area contributed by atoms with E-state index in [4.69, 9.17) is 4.74 Å². The highest BCUT2D eigenvalue weighted by Crippen LogP contribution is 2.32. The number of amides is 1. The van der Waals surface area contributed by atoms with Gasteiger partial charge in [0, 0.05) is 29.7 Å². The lowest BCUT2D eigenvalue weighted by Crippen LogP contribution is -2.15. The zero-order chi connectivity index (χ0) is 28.2. The lowest BCUT2D eigenvalue weighted by Gasteiger charge is -2.17. The molecule has 0 saturated heterocycles. The summed E-state index contributed by atoms with van der Waals surface area (Å²) in [5.74, 6) is -0.272. The molecule has 0 radical (unpaired) electrons. The Kier molecular flexibility index (Phi) is 7.62. The van der Waals surface area contributed by atoms with Crippen LogP contribution in [-0.4, -0.2) is 33.1 Å². The maximum atomic E-state index is 13.0. The standard InChI is InChI=1S/C27H21F3N6O3/c1-15(33-24-11-21(35-25(12-31)36-24)17-6-7-22(37)23(10-17)39-2)16-4-3-5-20(9-16)34-26(38)18-8-19(14-32-13-18)27(28,29)30/h3-11,13-15,37H,1-2H3,(H,34,38)(H,33,35,36). The number of aromatic nitrogens is 3. The van der Waals surface area contributed by atoms with Crippen LogP contribution in [0, 0.1) is 11.3 Å². The van der Waals surface area contributed by atoms with Gasteiger partial charge in [-0.3, -0.25) is 9.78 Å². The van der Waals surface area contributed by atoms with Gasteiger partial charge in [-0.05, 0) is 48.9 Å². The highest BCUT2D eigenvalue weighted by Gasteiger charge is 2.31. The van der Waals surface area contributed by atoms with Gasteiger partial charge in [-0.2, -0.15) is 18.4 Å². The predicted octanol–water partition coefficient (Wildman–Crippen LogP) is 5.57. The van der Waals surface area contributed by atoms with Crippen molar-refractivity contribution in [3.63, 3.8) is 0 Å².